The van der Waals surface area contributed by atoms with Gasteiger partial charge in [-0.3, -0.25) is 4.98 Å². The lowest BCUT2D eigenvalue weighted by Crippen LogP contribution is -1.98. The Morgan fingerprint density at radius 2 is 2.05 bits per heavy atom. The van der Waals surface area contributed by atoms with Gasteiger partial charge < -0.3 is 4.74 Å². The largest absolute Gasteiger partial charge is 0.489 e. The lowest BCUT2D eigenvalue weighted by Gasteiger charge is -2.09. The van der Waals surface area contributed by atoms with E-state index in [1.54, 1.807) is 24.4 Å². The highest BCUT2D eigenvalue weighted by Gasteiger charge is 2.06. The second-order valence-electron chi connectivity index (χ2n) is 4.53. The van der Waals surface area contributed by atoms with Gasteiger partial charge in [0.2, 0.25) is 0 Å². The minimum atomic E-state index is 0.375. The maximum absolute atomic E-state index is 8.89. The first kappa shape index (κ1) is 13.4. The number of nitriles is 1. The number of aromatic nitrogens is 1. The molecule has 3 rings (SSSR count). The second-order valence-corrected chi connectivity index (χ2v) is 4.94. The highest BCUT2D eigenvalue weighted by Crippen LogP contribution is 2.25. The third-order valence-corrected chi connectivity index (χ3v) is 3.49. The Bertz CT molecular complexity index is 840. The first-order valence-corrected chi connectivity index (χ1v) is 6.81. The third-order valence-electron chi connectivity index (χ3n) is 3.16. The number of hydrogen-bond donors (Lipinski definition) is 0. The summed E-state index contributed by atoms with van der Waals surface area (Å²) >= 11 is 6.17. The summed E-state index contributed by atoms with van der Waals surface area (Å²) in [5.41, 5.74) is 2.37. The van der Waals surface area contributed by atoms with E-state index in [9.17, 15) is 0 Å². The predicted octanol–water partition coefficient (Wildman–Crippen LogP) is 4.34. The second kappa shape index (κ2) is 5.82. The highest BCUT2D eigenvalue weighted by molar-refractivity contribution is 6.35. The van der Waals surface area contributed by atoms with Crippen molar-refractivity contribution in [2.24, 2.45) is 0 Å². The van der Waals surface area contributed by atoms with Crippen LogP contribution >= 0.6 is 11.6 Å². The van der Waals surface area contributed by atoms with Gasteiger partial charge in [-0.1, -0.05) is 23.7 Å². The van der Waals surface area contributed by atoms with Gasteiger partial charge >= 0.3 is 0 Å². The first-order valence-electron chi connectivity index (χ1n) is 6.43. The van der Waals surface area contributed by atoms with Crippen molar-refractivity contribution in [1.82, 2.24) is 4.98 Å². The molecule has 0 aliphatic carbocycles. The topological polar surface area (TPSA) is 45.9 Å². The zero-order valence-corrected chi connectivity index (χ0v) is 11.8. The summed E-state index contributed by atoms with van der Waals surface area (Å²) in [4.78, 5) is 4.37. The molecule has 3 aromatic rings. The molecule has 102 valence electrons. The van der Waals surface area contributed by atoms with E-state index < -0.39 is 0 Å². The molecule has 0 saturated carbocycles. The van der Waals surface area contributed by atoms with Gasteiger partial charge in [0.05, 0.1) is 17.1 Å². The van der Waals surface area contributed by atoms with Gasteiger partial charge in [0, 0.05) is 22.2 Å². The minimum absolute atomic E-state index is 0.375. The fraction of sp³-hybridized carbons (Fsp3) is 0.0588. The van der Waals surface area contributed by atoms with Crippen LogP contribution in [0.3, 0.4) is 0 Å². The van der Waals surface area contributed by atoms with Crippen LogP contribution in [0.2, 0.25) is 5.02 Å². The molecule has 0 aliphatic rings. The standard InChI is InChI=1S/C17H11ClN2O/c18-16-7-6-13(17-15(16)5-2-8-20-17)11-21-14-4-1-3-12(9-14)10-19/h1-9H,11H2. The summed E-state index contributed by atoms with van der Waals surface area (Å²) in [6.07, 6.45) is 1.73. The van der Waals surface area contributed by atoms with E-state index >= 15 is 0 Å². The van der Waals surface area contributed by atoms with Crippen LogP contribution in [0.4, 0.5) is 0 Å². The summed E-state index contributed by atoms with van der Waals surface area (Å²) < 4.78 is 5.75. The van der Waals surface area contributed by atoms with Gasteiger partial charge in [0.25, 0.3) is 0 Å². The summed E-state index contributed by atoms with van der Waals surface area (Å²) in [5.74, 6) is 0.660. The number of rotatable bonds is 3. The van der Waals surface area contributed by atoms with E-state index in [0.29, 0.717) is 22.9 Å². The summed E-state index contributed by atoms with van der Waals surface area (Å²) in [7, 11) is 0. The van der Waals surface area contributed by atoms with Crippen molar-refractivity contribution in [2.45, 2.75) is 6.61 Å². The molecular weight excluding hydrogens is 284 g/mol. The van der Waals surface area contributed by atoms with Gasteiger partial charge in [-0.2, -0.15) is 5.26 Å². The molecule has 0 amide bonds. The molecule has 0 spiro atoms. The van der Waals surface area contributed by atoms with Crippen molar-refractivity contribution < 1.29 is 4.74 Å². The zero-order chi connectivity index (χ0) is 14.7. The molecule has 0 N–H and O–H groups in total. The van der Waals surface area contributed by atoms with Gasteiger partial charge in [-0.25, -0.2) is 0 Å². The average molecular weight is 295 g/mol. The number of hydrogen-bond acceptors (Lipinski definition) is 3. The van der Waals surface area contributed by atoms with Crippen LogP contribution in [0.5, 0.6) is 5.75 Å². The minimum Gasteiger partial charge on any atom is -0.489 e. The van der Waals surface area contributed by atoms with Crippen LogP contribution in [0.1, 0.15) is 11.1 Å². The Kier molecular flexibility index (Phi) is 3.72. The van der Waals surface area contributed by atoms with Crippen LogP contribution in [-0.2, 0) is 6.61 Å². The average Bonchev–Trinajstić information content (AvgIpc) is 2.55. The number of ether oxygens (including phenoxy) is 1. The van der Waals surface area contributed by atoms with Crippen LogP contribution in [0.15, 0.2) is 54.7 Å². The van der Waals surface area contributed by atoms with Gasteiger partial charge in [0.15, 0.2) is 0 Å². The molecule has 3 nitrogen and oxygen atoms in total. The molecule has 0 aliphatic heterocycles. The molecule has 0 bridgehead atoms. The van der Waals surface area contributed by atoms with E-state index in [1.807, 2.05) is 30.3 Å². The van der Waals surface area contributed by atoms with E-state index in [0.717, 1.165) is 16.5 Å². The zero-order valence-electron chi connectivity index (χ0n) is 11.1. The molecule has 1 aromatic heterocycles. The number of halogens is 1. The quantitative estimate of drug-likeness (QED) is 0.722. The van der Waals surface area contributed by atoms with E-state index in [4.69, 9.17) is 21.6 Å². The maximum atomic E-state index is 8.89. The van der Waals surface area contributed by atoms with Crippen LogP contribution in [-0.4, -0.2) is 4.98 Å². The lowest BCUT2D eigenvalue weighted by molar-refractivity contribution is 0.307. The van der Waals surface area contributed by atoms with Crippen molar-refractivity contribution in [3.63, 3.8) is 0 Å². The monoisotopic (exact) mass is 294 g/mol. The molecule has 0 saturated heterocycles. The SMILES string of the molecule is N#Cc1cccc(OCc2ccc(Cl)c3cccnc23)c1. The summed E-state index contributed by atoms with van der Waals surface area (Å²) in [6.45, 7) is 0.375. The summed E-state index contributed by atoms with van der Waals surface area (Å²) in [6, 6.07) is 16.7. The Balaban J connectivity index is 1.89. The molecular formula is C17H11ClN2O. The van der Waals surface area contributed by atoms with E-state index in [2.05, 4.69) is 11.1 Å². The number of fused-ring (bicyclic) bond motifs is 1. The Hall–Kier alpha value is -2.57. The number of nitrogens with zero attached hydrogens (tertiary/aromatic N) is 2. The fourth-order valence-corrected chi connectivity index (χ4v) is 2.34. The van der Waals surface area contributed by atoms with Gasteiger partial charge in [-0.05, 0) is 36.4 Å². The van der Waals surface area contributed by atoms with Crippen molar-refractivity contribution in [1.29, 1.82) is 5.26 Å². The summed E-state index contributed by atoms with van der Waals surface area (Å²) in [5, 5.41) is 10.5. The number of benzene rings is 2. The van der Waals surface area contributed by atoms with Crippen LogP contribution in [0.25, 0.3) is 10.9 Å². The molecule has 4 heteroatoms. The number of pyridine rings is 1. The first-order chi connectivity index (χ1) is 10.3. The fourth-order valence-electron chi connectivity index (χ4n) is 2.13. The molecule has 21 heavy (non-hydrogen) atoms. The van der Waals surface area contributed by atoms with Gasteiger partial charge in [-0.15, -0.1) is 0 Å². The Morgan fingerprint density at radius 1 is 1.14 bits per heavy atom. The molecule has 0 unspecified atom stereocenters. The maximum Gasteiger partial charge on any atom is 0.121 e. The smallest absolute Gasteiger partial charge is 0.121 e. The molecule has 0 atom stereocenters. The van der Waals surface area contributed by atoms with E-state index in [1.165, 1.54) is 0 Å². The van der Waals surface area contributed by atoms with Crippen molar-refractivity contribution in [3.8, 4) is 11.8 Å². The van der Waals surface area contributed by atoms with Crippen molar-refractivity contribution in [2.75, 3.05) is 0 Å². The highest BCUT2D eigenvalue weighted by atomic mass is 35.5. The van der Waals surface area contributed by atoms with Crippen molar-refractivity contribution in [3.05, 3.63) is 70.9 Å². The van der Waals surface area contributed by atoms with Gasteiger partial charge in [0.1, 0.15) is 12.4 Å². The molecule has 0 fully saturated rings. The van der Waals surface area contributed by atoms with Crippen LogP contribution < -0.4 is 4.74 Å². The predicted molar refractivity (Wildman–Crippen MR) is 82.2 cm³/mol. The lowest BCUT2D eigenvalue weighted by atomic mass is 10.1. The molecule has 0 radical (unpaired) electrons. The van der Waals surface area contributed by atoms with E-state index in [-0.39, 0.29) is 0 Å². The normalized spacial score (nSPS) is 10.3. The molecule has 1 heterocycles. The Morgan fingerprint density at radius 3 is 2.90 bits per heavy atom. The third kappa shape index (κ3) is 2.81. The van der Waals surface area contributed by atoms with Crippen molar-refractivity contribution >= 4 is 22.5 Å². The Labute approximate surface area is 127 Å². The molecule has 2 aromatic carbocycles. The van der Waals surface area contributed by atoms with Crippen LogP contribution in [0, 0.1) is 11.3 Å².